The first-order chi connectivity index (χ1) is 9.47. The lowest BCUT2D eigenvalue weighted by Crippen LogP contribution is -2.32. The summed E-state index contributed by atoms with van der Waals surface area (Å²) < 4.78 is 10.3. The molecule has 2 aliphatic heterocycles. The first-order valence-electron chi connectivity index (χ1n) is 7.96. The molecule has 2 saturated heterocycles. The SMILES string of the molecule is CC.CC1(CCO)CCOCC1.CC1(O)CCOCC1. The van der Waals surface area contributed by atoms with E-state index in [1.807, 2.05) is 20.8 Å². The van der Waals surface area contributed by atoms with Gasteiger partial charge >= 0.3 is 0 Å². The van der Waals surface area contributed by atoms with Gasteiger partial charge in [-0.15, -0.1) is 0 Å². The molecule has 0 aromatic carbocycles. The molecule has 0 unspecified atom stereocenters. The van der Waals surface area contributed by atoms with Crippen molar-refractivity contribution in [1.29, 1.82) is 0 Å². The fourth-order valence-corrected chi connectivity index (χ4v) is 2.20. The summed E-state index contributed by atoms with van der Waals surface area (Å²) in [5, 5.41) is 18.0. The fraction of sp³-hybridized carbons (Fsp3) is 1.00. The van der Waals surface area contributed by atoms with Crippen LogP contribution in [-0.2, 0) is 9.47 Å². The van der Waals surface area contributed by atoms with E-state index in [9.17, 15) is 5.11 Å². The van der Waals surface area contributed by atoms with E-state index in [4.69, 9.17) is 14.6 Å². The second-order valence-electron chi connectivity index (χ2n) is 6.01. The molecule has 20 heavy (non-hydrogen) atoms. The molecule has 0 saturated carbocycles. The molecule has 0 aromatic rings. The number of hydrogen-bond donors (Lipinski definition) is 2. The van der Waals surface area contributed by atoms with Crippen molar-refractivity contribution in [2.45, 2.75) is 65.4 Å². The summed E-state index contributed by atoms with van der Waals surface area (Å²) in [4.78, 5) is 0. The van der Waals surface area contributed by atoms with Crippen LogP contribution in [0.1, 0.15) is 59.8 Å². The standard InChI is InChI=1S/C8H16O2.C6H12O2.C2H6/c1-8(2-5-9)3-6-10-7-4-8;1-6(7)2-4-8-5-3-6;1-2/h9H,2-7H2,1H3;7H,2-5H2,1H3;1-2H3. The molecule has 4 nitrogen and oxygen atoms in total. The molecule has 4 heteroatoms. The van der Waals surface area contributed by atoms with Gasteiger partial charge in [0.15, 0.2) is 0 Å². The Balaban J connectivity index is 0.000000327. The Morgan fingerprint density at radius 2 is 1.25 bits per heavy atom. The maximum absolute atomic E-state index is 9.29. The minimum absolute atomic E-state index is 0.316. The van der Waals surface area contributed by atoms with E-state index >= 15 is 0 Å². The van der Waals surface area contributed by atoms with Crippen molar-refractivity contribution in [3.63, 3.8) is 0 Å². The first-order valence-corrected chi connectivity index (χ1v) is 7.96. The Labute approximate surface area is 124 Å². The summed E-state index contributed by atoms with van der Waals surface area (Å²) in [6.45, 7) is 11.6. The number of rotatable bonds is 2. The highest BCUT2D eigenvalue weighted by atomic mass is 16.5. The zero-order valence-electron chi connectivity index (χ0n) is 13.8. The number of ether oxygens (including phenoxy) is 2. The zero-order valence-corrected chi connectivity index (χ0v) is 13.8. The van der Waals surface area contributed by atoms with Crippen LogP contribution in [0.25, 0.3) is 0 Å². The van der Waals surface area contributed by atoms with Crippen molar-refractivity contribution in [1.82, 2.24) is 0 Å². The third-order valence-electron chi connectivity index (χ3n) is 3.99. The third kappa shape index (κ3) is 8.90. The Hall–Kier alpha value is -0.160. The molecule has 0 spiro atoms. The van der Waals surface area contributed by atoms with Crippen LogP contribution in [-0.4, -0.2) is 48.8 Å². The van der Waals surface area contributed by atoms with Gasteiger partial charge in [-0.25, -0.2) is 0 Å². The molecule has 122 valence electrons. The van der Waals surface area contributed by atoms with Crippen LogP contribution in [0.2, 0.25) is 0 Å². The van der Waals surface area contributed by atoms with Crippen LogP contribution in [0.3, 0.4) is 0 Å². The molecule has 2 N–H and O–H groups in total. The molecule has 2 rings (SSSR count). The van der Waals surface area contributed by atoms with Gasteiger partial charge in [0.25, 0.3) is 0 Å². The van der Waals surface area contributed by atoms with Crippen molar-refractivity contribution in [3.8, 4) is 0 Å². The van der Waals surface area contributed by atoms with E-state index in [2.05, 4.69) is 6.92 Å². The summed E-state index contributed by atoms with van der Waals surface area (Å²) in [7, 11) is 0. The normalized spacial score (nSPS) is 23.7. The summed E-state index contributed by atoms with van der Waals surface area (Å²) in [5.41, 5.74) is -0.0920. The zero-order chi connectivity index (χ0) is 15.5. The van der Waals surface area contributed by atoms with Gasteiger partial charge < -0.3 is 19.7 Å². The lowest BCUT2D eigenvalue weighted by molar-refractivity contribution is -0.0508. The predicted octanol–water partition coefficient (Wildman–Crippen LogP) is 2.76. The fourth-order valence-electron chi connectivity index (χ4n) is 2.20. The summed E-state index contributed by atoms with van der Waals surface area (Å²) >= 11 is 0. The Kier molecular flexibility index (Phi) is 10.5. The van der Waals surface area contributed by atoms with E-state index < -0.39 is 5.60 Å². The molecule has 0 radical (unpaired) electrons. The van der Waals surface area contributed by atoms with E-state index in [1.165, 1.54) is 0 Å². The van der Waals surface area contributed by atoms with Crippen LogP contribution in [0.5, 0.6) is 0 Å². The minimum atomic E-state index is -0.446. The molecule has 0 atom stereocenters. The van der Waals surface area contributed by atoms with Gasteiger partial charge in [-0.1, -0.05) is 20.8 Å². The minimum Gasteiger partial charge on any atom is -0.396 e. The molecule has 2 fully saturated rings. The van der Waals surface area contributed by atoms with E-state index in [0.29, 0.717) is 25.2 Å². The van der Waals surface area contributed by atoms with Crippen molar-refractivity contribution in [2.24, 2.45) is 5.41 Å². The molecular formula is C16H34O4. The molecule has 0 amide bonds. The smallest absolute Gasteiger partial charge is 0.0663 e. The summed E-state index contributed by atoms with van der Waals surface area (Å²) in [5.74, 6) is 0. The van der Waals surface area contributed by atoms with Crippen LogP contribution >= 0.6 is 0 Å². The molecule has 2 aliphatic rings. The molecular weight excluding hydrogens is 256 g/mol. The second kappa shape index (κ2) is 10.6. The van der Waals surface area contributed by atoms with Gasteiger partial charge in [0.2, 0.25) is 0 Å². The molecule has 0 bridgehead atoms. The lowest BCUT2D eigenvalue weighted by Gasteiger charge is -2.32. The molecule has 0 aliphatic carbocycles. The highest BCUT2D eigenvalue weighted by Gasteiger charge is 2.26. The second-order valence-corrected chi connectivity index (χ2v) is 6.01. The van der Waals surface area contributed by atoms with Gasteiger partial charge in [0.05, 0.1) is 5.60 Å². The first kappa shape index (κ1) is 19.8. The highest BCUT2D eigenvalue weighted by Crippen LogP contribution is 2.32. The van der Waals surface area contributed by atoms with Crippen LogP contribution < -0.4 is 0 Å². The average Bonchev–Trinajstić information content (AvgIpc) is 2.42. The highest BCUT2D eigenvalue weighted by molar-refractivity contribution is 4.76. The van der Waals surface area contributed by atoms with E-state index in [0.717, 1.165) is 45.3 Å². The van der Waals surface area contributed by atoms with Gasteiger partial charge in [-0.2, -0.15) is 0 Å². The third-order valence-corrected chi connectivity index (χ3v) is 3.99. The van der Waals surface area contributed by atoms with Crippen LogP contribution in [0.15, 0.2) is 0 Å². The monoisotopic (exact) mass is 290 g/mol. The van der Waals surface area contributed by atoms with E-state index in [1.54, 1.807) is 0 Å². The maximum Gasteiger partial charge on any atom is 0.0663 e. The molecule has 2 heterocycles. The summed E-state index contributed by atoms with van der Waals surface area (Å²) in [6.07, 6.45) is 4.71. The van der Waals surface area contributed by atoms with Crippen molar-refractivity contribution < 1.29 is 19.7 Å². The Bertz CT molecular complexity index is 209. The Morgan fingerprint density at radius 3 is 1.55 bits per heavy atom. The topological polar surface area (TPSA) is 58.9 Å². The van der Waals surface area contributed by atoms with Gasteiger partial charge in [0.1, 0.15) is 0 Å². The van der Waals surface area contributed by atoms with Crippen LogP contribution in [0.4, 0.5) is 0 Å². The quantitative estimate of drug-likeness (QED) is 0.821. The van der Waals surface area contributed by atoms with Crippen molar-refractivity contribution >= 4 is 0 Å². The van der Waals surface area contributed by atoms with E-state index in [-0.39, 0.29) is 0 Å². The number of hydrogen-bond acceptors (Lipinski definition) is 4. The Morgan fingerprint density at radius 1 is 0.850 bits per heavy atom. The van der Waals surface area contributed by atoms with Gasteiger partial charge in [-0.05, 0) is 44.4 Å². The number of aliphatic hydroxyl groups is 2. The maximum atomic E-state index is 9.29. The van der Waals surface area contributed by atoms with Gasteiger partial charge in [-0.3, -0.25) is 0 Å². The predicted molar refractivity (Wildman–Crippen MR) is 81.9 cm³/mol. The van der Waals surface area contributed by atoms with Crippen LogP contribution in [0, 0.1) is 5.41 Å². The number of aliphatic hydroxyl groups excluding tert-OH is 1. The molecule has 0 aromatic heterocycles. The van der Waals surface area contributed by atoms with Gasteiger partial charge in [0, 0.05) is 33.0 Å². The lowest BCUT2D eigenvalue weighted by atomic mass is 9.80. The largest absolute Gasteiger partial charge is 0.396 e. The summed E-state index contributed by atoms with van der Waals surface area (Å²) in [6, 6.07) is 0. The van der Waals surface area contributed by atoms with Crippen molar-refractivity contribution in [2.75, 3.05) is 33.0 Å². The average molecular weight is 290 g/mol. The van der Waals surface area contributed by atoms with Crippen molar-refractivity contribution in [3.05, 3.63) is 0 Å².